The van der Waals surface area contributed by atoms with Crippen LogP contribution in [0.3, 0.4) is 0 Å². The van der Waals surface area contributed by atoms with Crippen molar-refractivity contribution in [1.29, 1.82) is 0 Å². The molecule has 472 valence electrons. The third kappa shape index (κ3) is 13.7. The Morgan fingerprint density at radius 2 is 0.696 bits per heavy atom. The molecule has 0 atom stereocenters. The van der Waals surface area contributed by atoms with E-state index in [0.717, 1.165) is 174 Å². The Hall–Kier alpha value is -8.73. The number of aryl methyl sites for hydroxylation is 8. The summed E-state index contributed by atoms with van der Waals surface area (Å²) in [6, 6.07) is 45.6. The fraction of sp³-hybridized carbons (Fsp3) is 0.312. The van der Waals surface area contributed by atoms with Crippen molar-refractivity contribution in [3.05, 3.63) is 267 Å². The van der Waals surface area contributed by atoms with Gasteiger partial charge in [0.1, 0.15) is 23.3 Å². The fourth-order valence-electron chi connectivity index (χ4n) is 14.5. The van der Waals surface area contributed by atoms with Gasteiger partial charge in [-0.1, -0.05) is 42.5 Å². The van der Waals surface area contributed by atoms with Crippen molar-refractivity contribution in [2.24, 2.45) is 0 Å². The highest BCUT2D eigenvalue weighted by molar-refractivity contribution is 5.88. The molecule has 0 unspecified atom stereocenters. The van der Waals surface area contributed by atoms with Crippen LogP contribution in [0, 0.1) is 23.3 Å². The summed E-state index contributed by atoms with van der Waals surface area (Å²) in [5.41, 5.74) is 20.2. The van der Waals surface area contributed by atoms with Gasteiger partial charge in [0, 0.05) is 214 Å². The lowest BCUT2D eigenvalue weighted by molar-refractivity contribution is 0.309. The zero-order valence-corrected chi connectivity index (χ0v) is 53.3. The summed E-state index contributed by atoms with van der Waals surface area (Å²) in [6.45, 7) is 11.5. The number of halogens is 4. The maximum Gasteiger partial charge on any atom is 0.123 e. The smallest absolute Gasteiger partial charge is 0.123 e. The first-order valence-corrected chi connectivity index (χ1v) is 32.5. The monoisotopic (exact) mass is 1240 g/mol. The number of hydrogen-bond donors (Lipinski definition) is 0. The van der Waals surface area contributed by atoms with E-state index in [9.17, 15) is 17.6 Å². The molecule has 0 saturated heterocycles. The van der Waals surface area contributed by atoms with Gasteiger partial charge in [-0.15, -0.1) is 0 Å². The lowest BCUT2D eigenvalue weighted by Gasteiger charge is -2.24. The number of benzene rings is 5. The Morgan fingerprint density at radius 1 is 0.337 bits per heavy atom. The van der Waals surface area contributed by atoms with E-state index in [1.54, 1.807) is 54.7 Å². The zero-order chi connectivity index (χ0) is 63.2. The van der Waals surface area contributed by atoms with Crippen LogP contribution < -0.4 is 0 Å². The van der Waals surface area contributed by atoms with Gasteiger partial charge >= 0.3 is 0 Å². The van der Waals surface area contributed by atoms with E-state index < -0.39 is 0 Å². The molecule has 12 aromatic rings. The maximum absolute atomic E-state index is 13.7. The molecule has 92 heavy (non-hydrogen) atoms. The molecular formula is C77H81F4N11. The summed E-state index contributed by atoms with van der Waals surface area (Å²) in [6.07, 6.45) is 17.1. The Kier molecular flexibility index (Phi) is 18.9. The van der Waals surface area contributed by atoms with Crippen molar-refractivity contribution in [3.8, 4) is 0 Å². The fourth-order valence-corrected chi connectivity index (χ4v) is 14.5. The molecule has 0 aliphatic carbocycles. The third-order valence-corrected chi connectivity index (χ3v) is 19.1. The highest BCUT2D eigenvalue weighted by atomic mass is 19.1. The number of fused-ring (bicyclic) bond motifs is 12. The van der Waals surface area contributed by atoms with Gasteiger partial charge in [-0.05, 0) is 190 Å². The molecule has 11 nitrogen and oxygen atoms in total. The van der Waals surface area contributed by atoms with Crippen molar-refractivity contribution in [2.75, 3.05) is 54.4 Å². The van der Waals surface area contributed by atoms with Gasteiger partial charge in [0.25, 0.3) is 0 Å². The van der Waals surface area contributed by atoms with Gasteiger partial charge in [-0.25, -0.2) is 17.6 Å². The lowest BCUT2D eigenvalue weighted by Crippen LogP contribution is -2.27. The van der Waals surface area contributed by atoms with E-state index in [0.29, 0.717) is 0 Å². The van der Waals surface area contributed by atoms with Crippen LogP contribution in [-0.4, -0.2) is 107 Å². The van der Waals surface area contributed by atoms with Gasteiger partial charge in [0.05, 0.1) is 0 Å². The predicted octanol–water partition coefficient (Wildman–Crippen LogP) is 14.2. The molecule has 4 aliphatic heterocycles. The average molecular weight is 1240 g/mol. The van der Waals surface area contributed by atoms with Crippen molar-refractivity contribution >= 4 is 43.6 Å². The second kappa shape index (κ2) is 28.0. The molecule has 4 aliphatic rings. The molecule has 0 bridgehead atoms. The van der Waals surface area contributed by atoms with Crippen molar-refractivity contribution in [3.63, 3.8) is 0 Å². The Bertz CT molecular complexity index is 3930. The molecule has 11 heterocycles. The molecule has 0 N–H and O–H groups in total. The molecular weight excluding hydrogens is 1150 g/mol. The van der Waals surface area contributed by atoms with Gasteiger partial charge in [-0.2, -0.15) is 0 Å². The Labute approximate surface area is 536 Å². The summed E-state index contributed by atoms with van der Waals surface area (Å²) in [5, 5.41) is 4.28. The molecule has 0 spiro atoms. The normalized spacial score (nSPS) is 15.0. The molecule has 0 saturated carbocycles. The van der Waals surface area contributed by atoms with Gasteiger partial charge in [-0.3, -0.25) is 15.0 Å². The van der Waals surface area contributed by atoms with E-state index in [-0.39, 0.29) is 23.3 Å². The minimum Gasteiger partial charge on any atom is -0.344 e. The van der Waals surface area contributed by atoms with E-state index in [1.807, 2.05) is 67.3 Å². The zero-order valence-electron chi connectivity index (χ0n) is 53.3. The number of likely N-dealkylation sites (N-methyl/N-ethyl adjacent to an activating group) is 4. The second-order valence-electron chi connectivity index (χ2n) is 25.4. The first-order valence-electron chi connectivity index (χ1n) is 32.5. The molecule has 16 rings (SSSR count). The first-order chi connectivity index (χ1) is 44.9. The topological polar surface area (TPSA) is 71.3 Å². The highest BCUT2D eigenvalue weighted by Crippen LogP contribution is 2.36. The standard InChI is InChI=1S/C20H21FN2.3C19H20FN3/c1-22-11-10-20-18(14-22)17-13-16(21)7-8-19(17)23(20)12-9-15-5-3-2-4-6-15;1-22-10-7-19-17(13-22)16-12-15(20)2-3-18(16)23(19)11-6-14-4-8-21-9-5-14;1-22-9-7-19-17(13-22)16-11-15(20)4-5-18(16)23(19)10-6-14-3-2-8-21-12-14;1-22-10-8-19-17(13-22)16-12-14(20)5-6-18(16)23(19)11-7-15-4-2-3-9-21-15/h2-8,13H,9-12,14H2,1H3;2-5,8-9,12H,6-7,10-11,13H2,1H3;2-5,8,11-12H,6-7,9-10,13H2,1H3;2-6,9,12H,7-8,10-11,13H2,1H3. The van der Waals surface area contributed by atoms with Crippen LogP contribution >= 0.6 is 0 Å². The molecule has 5 aromatic carbocycles. The van der Waals surface area contributed by atoms with Crippen LogP contribution in [0.2, 0.25) is 0 Å². The lowest BCUT2D eigenvalue weighted by atomic mass is 10.0. The van der Waals surface area contributed by atoms with Crippen molar-refractivity contribution in [1.82, 2.24) is 52.8 Å². The summed E-state index contributed by atoms with van der Waals surface area (Å²) in [7, 11) is 8.51. The Balaban J connectivity index is 0.000000112. The van der Waals surface area contributed by atoms with Gasteiger partial charge in [0.2, 0.25) is 0 Å². The van der Waals surface area contributed by atoms with Gasteiger partial charge < -0.3 is 37.9 Å². The molecule has 15 heteroatoms. The largest absolute Gasteiger partial charge is 0.344 e. The maximum atomic E-state index is 13.7. The SMILES string of the molecule is CN1CCc2c(c3cc(F)ccc3n2CCc2ccccc2)C1.CN1CCc2c(c3cc(F)ccc3n2CCc2ccccn2)C1.CN1CCc2c(c3cc(F)ccc3n2CCc2cccnc2)C1.CN1CCc2c(c3cc(F)ccc3n2CCc2ccncc2)C1. The number of aromatic nitrogens is 7. The van der Waals surface area contributed by atoms with Crippen molar-refractivity contribution < 1.29 is 17.6 Å². The average Bonchev–Trinajstić information content (AvgIpc) is 1.70. The van der Waals surface area contributed by atoms with E-state index >= 15 is 0 Å². The van der Waals surface area contributed by atoms with Crippen LogP contribution in [0.4, 0.5) is 17.6 Å². The van der Waals surface area contributed by atoms with E-state index in [4.69, 9.17) is 0 Å². The van der Waals surface area contributed by atoms with Crippen LogP contribution in [-0.2, 0) is 104 Å². The van der Waals surface area contributed by atoms with Crippen LogP contribution in [0.25, 0.3) is 43.6 Å². The van der Waals surface area contributed by atoms with Crippen LogP contribution in [0.1, 0.15) is 67.4 Å². The summed E-state index contributed by atoms with van der Waals surface area (Å²) in [4.78, 5) is 21.9. The predicted molar refractivity (Wildman–Crippen MR) is 362 cm³/mol. The van der Waals surface area contributed by atoms with Crippen LogP contribution in [0.5, 0.6) is 0 Å². The molecule has 0 radical (unpaired) electrons. The third-order valence-electron chi connectivity index (χ3n) is 19.1. The second-order valence-corrected chi connectivity index (χ2v) is 25.4. The van der Waals surface area contributed by atoms with Crippen molar-refractivity contribution in [2.45, 2.75) is 104 Å². The number of pyridine rings is 3. The summed E-state index contributed by atoms with van der Waals surface area (Å²) < 4.78 is 64.5. The number of nitrogens with zero attached hydrogens (tertiary/aromatic N) is 11. The van der Waals surface area contributed by atoms with E-state index in [2.05, 4.69) is 136 Å². The molecule has 7 aromatic heterocycles. The highest BCUT2D eigenvalue weighted by Gasteiger charge is 2.27. The summed E-state index contributed by atoms with van der Waals surface area (Å²) >= 11 is 0. The molecule has 0 amide bonds. The Morgan fingerprint density at radius 3 is 1.07 bits per heavy atom. The first kappa shape index (κ1) is 62.1. The van der Waals surface area contributed by atoms with Gasteiger partial charge in [0.15, 0.2) is 0 Å². The minimum atomic E-state index is -0.157. The minimum absolute atomic E-state index is 0.145. The summed E-state index contributed by atoms with van der Waals surface area (Å²) in [5.74, 6) is -0.609. The number of rotatable bonds is 12. The molecule has 0 fully saturated rings. The quantitative estimate of drug-likeness (QED) is 0.113. The van der Waals surface area contributed by atoms with E-state index in [1.165, 1.54) is 67.2 Å². The number of hydrogen-bond acceptors (Lipinski definition) is 7. The van der Waals surface area contributed by atoms with Crippen LogP contribution in [0.15, 0.2) is 177 Å².